The van der Waals surface area contributed by atoms with E-state index in [-0.39, 0.29) is 17.1 Å². The van der Waals surface area contributed by atoms with Gasteiger partial charge in [0.2, 0.25) is 0 Å². The predicted octanol–water partition coefficient (Wildman–Crippen LogP) is 5.63. The van der Waals surface area contributed by atoms with Crippen LogP contribution >= 0.6 is 15.9 Å². The molecule has 0 bridgehead atoms. The minimum absolute atomic E-state index is 0.196. The number of fused-ring (bicyclic) bond motifs is 1. The van der Waals surface area contributed by atoms with E-state index in [9.17, 15) is 9.59 Å². The van der Waals surface area contributed by atoms with Crippen molar-refractivity contribution < 1.29 is 9.59 Å². The second-order valence-electron chi connectivity index (χ2n) is 6.86. The number of allylic oxidation sites excluding steroid dienone is 1. The maximum Gasteiger partial charge on any atom is 0.197 e. The van der Waals surface area contributed by atoms with Gasteiger partial charge in [-0.15, -0.1) is 0 Å². The third-order valence-electron chi connectivity index (χ3n) is 5.09. The first-order chi connectivity index (χ1) is 12.9. The van der Waals surface area contributed by atoms with Crippen LogP contribution in [0, 0.1) is 20.8 Å². The molecule has 4 heteroatoms. The fraction of sp³-hybridized carbons (Fsp3) is 0.130. The third-order valence-corrected chi connectivity index (χ3v) is 5.94. The first kappa shape index (κ1) is 17.7. The number of Topliss-reactive ketones (excluding diaryl/α,β-unsaturated/α-hetero) is 2. The summed E-state index contributed by atoms with van der Waals surface area (Å²) in [5.41, 5.74) is 6.35. The number of hydrogen-bond acceptors (Lipinski definition) is 2. The van der Waals surface area contributed by atoms with Crippen molar-refractivity contribution in [2.75, 3.05) is 0 Å². The Morgan fingerprint density at radius 3 is 2.11 bits per heavy atom. The van der Waals surface area contributed by atoms with E-state index in [0.29, 0.717) is 11.1 Å². The predicted molar refractivity (Wildman–Crippen MR) is 111 cm³/mol. The standard InChI is InChI=1S/C23H18BrNO2/c1-13-8-9-17(12-21(13)24)25-14(2)10-16(15(25)3)11-20-22(26)18-6-4-5-7-19(18)23(20)27/h4-12H,1-3H3. The van der Waals surface area contributed by atoms with Gasteiger partial charge in [-0.2, -0.15) is 0 Å². The molecule has 0 fully saturated rings. The first-order valence-corrected chi connectivity index (χ1v) is 9.53. The zero-order valence-electron chi connectivity index (χ0n) is 15.3. The maximum atomic E-state index is 12.7. The van der Waals surface area contributed by atoms with Gasteiger partial charge in [-0.3, -0.25) is 9.59 Å². The van der Waals surface area contributed by atoms with Crippen LogP contribution in [0.25, 0.3) is 11.8 Å². The van der Waals surface area contributed by atoms with Crippen molar-refractivity contribution >= 4 is 33.6 Å². The summed E-state index contributed by atoms with van der Waals surface area (Å²) < 4.78 is 3.18. The molecule has 0 aliphatic heterocycles. The summed E-state index contributed by atoms with van der Waals surface area (Å²) in [5, 5.41) is 0. The van der Waals surface area contributed by atoms with E-state index in [2.05, 4.69) is 38.7 Å². The van der Waals surface area contributed by atoms with Crippen molar-refractivity contribution in [1.29, 1.82) is 0 Å². The molecule has 3 nitrogen and oxygen atoms in total. The highest BCUT2D eigenvalue weighted by Gasteiger charge is 2.32. The van der Waals surface area contributed by atoms with Crippen molar-refractivity contribution in [3.63, 3.8) is 0 Å². The van der Waals surface area contributed by atoms with E-state index < -0.39 is 0 Å². The molecule has 1 aliphatic rings. The van der Waals surface area contributed by atoms with E-state index in [1.165, 1.54) is 5.56 Å². The van der Waals surface area contributed by atoms with Gasteiger partial charge in [0.15, 0.2) is 11.6 Å². The molecular weight excluding hydrogens is 402 g/mol. The molecule has 0 atom stereocenters. The molecule has 3 aromatic rings. The van der Waals surface area contributed by atoms with Crippen LogP contribution < -0.4 is 0 Å². The van der Waals surface area contributed by atoms with Gasteiger partial charge in [0, 0.05) is 32.7 Å². The van der Waals surface area contributed by atoms with Crippen LogP contribution in [0.4, 0.5) is 0 Å². The van der Waals surface area contributed by atoms with Gasteiger partial charge in [0.1, 0.15) is 0 Å². The molecule has 0 saturated heterocycles. The number of benzene rings is 2. The van der Waals surface area contributed by atoms with E-state index in [1.54, 1.807) is 30.3 Å². The number of hydrogen-bond donors (Lipinski definition) is 0. The summed E-state index contributed by atoms with van der Waals surface area (Å²) >= 11 is 3.59. The highest BCUT2D eigenvalue weighted by molar-refractivity contribution is 9.10. The Morgan fingerprint density at radius 1 is 0.889 bits per heavy atom. The molecule has 134 valence electrons. The average Bonchev–Trinajstić information content (AvgIpc) is 3.06. The summed E-state index contributed by atoms with van der Waals surface area (Å²) in [4.78, 5) is 25.3. The van der Waals surface area contributed by atoms with Gasteiger partial charge in [0.25, 0.3) is 0 Å². The lowest BCUT2D eigenvalue weighted by molar-refractivity contribution is 0.0990. The number of nitrogens with zero attached hydrogens (tertiary/aromatic N) is 1. The second kappa shape index (κ2) is 6.46. The van der Waals surface area contributed by atoms with Crippen LogP contribution in [0.15, 0.2) is 58.6 Å². The van der Waals surface area contributed by atoms with Crippen LogP contribution in [-0.2, 0) is 0 Å². The van der Waals surface area contributed by atoms with Crippen LogP contribution in [0.5, 0.6) is 0 Å². The molecule has 1 heterocycles. The lowest BCUT2D eigenvalue weighted by atomic mass is 10.1. The molecule has 1 aromatic heterocycles. The SMILES string of the molecule is Cc1ccc(-n2c(C)cc(C=C3C(=O)c4ccccc4C3=O)c2C)cc1Br. The quantitative estimate of drug-likeness (QED) is 0.398. The van der Waals surface area contributed by atoms with E-state index >= 15 is 0 Å². The highest BCUT2D eigenvalue weighted by atomic mass is 79.9. The maximum absolute atomic E-state index is 12.7. The van der Waals surface area contributed by atoms with Crippen molar-refractivity contribution in [1.82, 2.24) is 4.57 Å². The minimum Gasteiger partial charge on any atom is -0.318 e. The van der Waals surface area contributed by atoms with E-state index in [0.717, 1.165) is 27.1 Å². The summed E-state index contributed by atoms with van der Waals surface area (Å²) in [6.45, 7) is 6.08. The Kier molecular flexibility index (Phi) is 4.23. The second-order valence-corrected chi connectivity index (χ2v) is 7.71. The molecule has 4 rings (SSSR count). The molecule has 0 spiro atoms. The van der Waals surface area contributed by atoms with Crippen LogP contribution in [0.1, 0.15) is 43.2 Å². The van der Waals surface area contributed by atoms with Gasteiger partial charge in [0.05, 0.1) is 5.57 Å². The molecule has 0 amide bonds. The number of aryl methyl sites for hydroxylation is 2. The Balaban J connectivity index is 1.81. The van der Waals surface area contributed by atoms with Crippen molar-refractivity contribution in [2.24, 2.45) is 0 Å². The van der Waals surface area contributed by atoms with Crippen LogP contribution in [0.2, 0.25) is 0 Å². The zero-order valence-corrected chi connectivity index (χ0v) is 16.9. The highest BCUT2D eigenvalue weighted by Crippen LogP contribution is 2.30. The van der Waals surface area contributed by atoms with Gasteiger partial charge in [-0.1, -0.05) is 46.3 Å². The number of aromatic nitrogens is 1. The van der Waals surface area contributed by atoms with Crippen LogP contribution in [0.3, 0.4) is 0 Å². The molecule has 0 radical (unpaired) electrons. The molecule has 1 aliphatic carbocycles. The number of rotatable bonds is 2. The van der Waals surface area contributed by atoms with Crippen molar-refractivity contribution in [3.05, 3.63) is 92.2 Å². The normalized spacial score (nSPS) is 13.3. The van der Waals surface area contributed by atoms with Gasteiger partial charge in [-0.25, -0.2) is 0 Å². The zero-order chi connectivity index (χ0) is 19.3. The Bertz CT molecular complexity index is 1110. The monoisotopic (exact) mass is 419 g/mol. The number of halogens is 1. The van der Waals surface area contributed by atoms with E-state index in [1.807, 2.05) is 26.8 Å². The molecule has 27 heavy (non-hydrogen) atoms. The number of ketones is 2. The number of carbonyl (C=O) groups excluding carboxylic acids is 2. The lowest BCUT2D eigenvalue weighted by Crippen LogP contribution is -2.01. The Hall–Kier alpha value is -2.72. The molecule has 0 N–H and O–H groups in total. The number of carbonyl (C=O) groups is 2. The van der Waals surface area contributed by atoms with Crippen LogP contribution in [-0.4, -0.2) is 16.1 Å². The topological polar surface area (TPSA) is 39.1 Å². The molecule has 0 saturated carbocycles. The summed E-state index contributed by atoms with van der Waals surface area (Å²) in [6.07, 6.45) is 1.73. The molecule has 0 unspecified atom stereocenters. The van der Waals surface area contributed by atoms with Crippen molar-refractivity contribution in [3.8, 4) is 5.69 Å². The molecular formula is C23H18BrNO2. The average molecular weight is 420 g/mol. The fourth-order valence-electron chi connectivity index (χ4n) is 3.61. The first-order valence-electron chi connectivity index (χ1n) is 8.74. The summed E-state index contributed by atoms with van der Waals surface area (Å²) in [7, 11) is 0. The summed E-state index contributed by atoms with van der Waals surface area (Å²) in [6, 6.07) is 15.2. The Morgan fingerprint density at radius 2 is 1.52 bits per heavy atom. The smallest absolute Gasteiger partial charge is 0.197 e. The van der Waals surface area contributed by atoms with Gasteiger partial charge < -0.3 is 4.57 Å². The summed E-state index contributed by atoms with van der Waals surface area (Å²) in [5.74, 6) is -0.392. The Labute approximate surface area is 166 Å². The van der Waals surface area contributed by atoms with Gasteiger partial charge in [-0.05, 0) is 56.2 Å². The van der Waals surface area contributed by atoms with Crippen molar-refractivity contribution in [2.45, 2.75) is 20.8 Å². The molecule has 2 aromatic carbocycles. The minimum atomic E-state index is -0.196. The third kappa shape index (κ3) is 2.81. The van der Waals surface area contributed by atoms with Gasteiger partial charge >= 0.3 is 0 Å². The largest absolute Gasteiger partial charge is 0.318 e. The lowest BCUT2D eigenvalue weighted by Gasteiger charge is -2.11. The van der Waals surface area contributed by atoms with E-state index in [4.69, 9.17) is 0 Å². The fourth-order valence-corrected chi connectivity index (χ4v) is 3.98.